The van der Waals surface area contributed by atoms with Crippen LogP contribution >= 0.6 is 0 Å². The molecule has 1 N–H and O–H groups in total. The van der Waals surface area contributed by atoms with Gasteiger partial charge in [-0.15, -0.1) is 0 Å². The number of nitrogens with zero attached hydrogens (tertiary/aromatic N) is 1. The van der Waals surface area contributed by atoms with Crippen molar-refractivity contribution in [3.63, 3.8) is 0 Å². The predicted molar refractivity (Wildman–Crippen MR) is 109 cm³/mol. The molecule has 1 fully saturated rings. The number of morpholine rings is 1. The maximum Gasteiger partial charge on any atom is 0.340 e. The van der Waals surface area contributed by atoms with Crippen molar-refractivity contribution in [3.05, 3.63) is 58.1 Å². The number of ether oxygens (including phenoxy) is 2. The molecule has 3 rings (SSSR count). The van der Waals surface area contributed by atoms with Gasteiger partial charge >= 0.3 is 5.97 Å². The standard InChI is InChI=1S/C22H28N2O3/c1-15-11-16(2)20(17(3)12-15)14-23-18-5-6-21(19(13-18)22(25)26-4)24-7-9-27-10-8-24/h5-6,11-13,23H,7-10,14H2,1-4H3. The van der Waals surface area contributed by atoms with Crippen LogP contribution in [0, 0.1) is 20.8 Å². The van der Waals surface area contributed by atoms with Gasteiger partial charge in [0, 0.05) is 25.3 Å². The molecular formula is C22H28N2O3. The highest BCUT2D eigenvalue weighted by Gasteiger charge is 2.20. The van der Waals surface area contributed by atoms with E-state index >= 15 is 0 Å². The van der Waals surface area contributed by atoms with Gasteiger partial charge in [-0.2, -0.15) is 0 Å². The Morgan fingerprint density at radius 3 is 2.41 bits per heavy atom. The van der Waals surface area contributed by atoms with E-state index in [1.165, 1.54) is 29.4 Å². The Balaban J connectivity index is 1.83. The summed E-state index contributed by atoms with van der Waals surface area (Å²) in [6.45, 7) is 10.0. The van der Waals surface area contributed by atoms with Crippen LogP contribution in [0.15, 0.2) is 30.3 Å². The average Bonchev–Trinajstić information content (AvgIpc) is 2.67. The highest BCUT2D eigenvalue weighted by atomic mass is 16.5. The van der Waals surface area contributed by atoms with Crippen molar-refractivity contribution >= 4 is 17.3 Å². The number of aryl methyl sites for hydroxylation is 3. The van der Waals surface area contributed by atoms with Gasteiger partial charge in [0.2, 0.25) is 0 Å². The molecule has 0 aliphatic carbocycles. The lowest BCUT2D eigenvalue weighted by atomic mass is 9.99. The van der Waals surface area contributed by atoms with Crippen LogP contribution in [0.3, 0.4) is 0 Å². The van der Waals surface area contributed by atoms with Gasteiger partial charge in [-0.05, 0) is 55.7 Å². The van der Waals surface area contributed by atoms with Crippen molar-refractivity contribution in [2.45, 2.75) is 27.3 Å². The first-order chi connectivity index (χ1) is 13.0. The molecule has 0 radical (unpaired) electrons. The molecular weight excluding hydrogens is 340 g/mol. The van der Waals surface area contributed by atoms with Gasteiger partial charge in [0.05, 0.1) is 31.6 Å². The monoisotopic (exact) mass is 368 g/mol. The van der Waals surface area contributed by atoms with E-state index in [4.69, 9.17) is 9.47 Å². The maximum atomic E-state index is 12.3. The van der Waals surface area contributed by atoms with Gasteiger partial charge in [-0.3, -0.25) is 0 Å². The number of methoxy groups -OCH3 is 1. The summed E-state index contributed by atoms with van der Waals surface area (Å²) in [5.41, 5.74) is 7.51. The van der Waals surface area contributed by atoms with Crippen LogP contribution in [0.5, 0.6) is 0 Å². The van der Waals surface area contributed by atoms with Crippen molar-refractivity contribution in [2.75, 3.05) is 43.6 Å². The van der Waals surface area contributed by atoms with E-state index in [1.807, 2.05) is 18.2 Å². The van der Waals surface area contributed by atoms with Gasteiger partial charge in [0.25, 0.3) is 0 Å². The Morgan fingerprint density at radius 2 is 1.78 bits per heavy atom. The summed E-state index contributed by atoms with van der Waals surface area (Å²) in [7, 11) is 1.42. The molecule has 0 aromatic heterocycles. The first kappa shape index (κ1) is 19.2. The summed E-state index contributed by atoms with van der Waals surface area (Å²) in [5, 5.41) is 3.46. The maximum absolute atomic E-state index is 12.3. The fourth-order valence-corrected chi connectivity index (χ4v) is 3.68. The third kappa shape index (κ3) is 4.42. The zero-order chi connectivity index (χ0) is 19.4. The van der Waals surface area contributed by atoms with Crippen molar-refractivity contribution in [3.8, 4) is 0 Å². The van der Waals surface area contributed by atoms with E-state index in [0.717, 1.165) is 31.0 Å². The molecule has 0 atom stereocenters. The lowest BCUT2D eigenvalue weighted by Gasteiger charge is -2.30. The van der Waals surface area contributed by atoms with Crippen LogP contribution in [-0.2, 0) is 16.0 Å². The number of carbonyl (C=O) groups is 1. The topological polar surface area (TPSA) is 50.8 Å². The minimum Gasteiger partial charge on any atom is -0.465 e. The van der Waals surface area contributed by atoms with Gasteiger partial charge in [0.15, 0.2) is 0 Å². The average molecular weight is 368 g/mol. The van der Waals surface area contributed by atoms with Gasteiger partial charge in [-0.1, -0.05) is 17.7 Å². The lowest BCUT2D eigenvalue weighted by Crippen LogP contribution is -2.37. The molecule has 5 heteroatoms. The van der Waals surface area contributed by atoms with Gasteiger partial charge in [-0.25, -0.2) is 4.79 Å². The number of carbonyl (C=O) groups excluding carboxylic acids is 1. The molecule has 0 bridgehead atoms. The SMILES string of the molecule is COC(=O)c1cc(NCc2c(C)cc(C)cc2C)ccc1N1CCOCC1. The second kappa shape index (κ2) is 8.44. The number of benzene rings is 2. The molecule has 0 amide bonds. The largest absolute Gasteiger partial charge is 0.465 e. The minimum absolute atomic E-state index is 0.317. The molecule has 0 spiro atoms. The molecule has 0 unspecified atom stereocenters. The number of anilines is 2. The van der Waals surface area contributed by atoms with Crippen LogP contribution in [0.1, 0.15) is 32.6 Å². The molecule has 144 valence electrons. The van der Waals surface area contributed by atoms with Gasteiger partial charge < -0.3 is 19.7 Å². The Morgan fingerprint density at radius 1 is 1.11 bits per heavy atom. The Labute approximate surface area is 161 Å². The van der Waals surface area contributed by atoms with E-state index in [1.54, 1.807) is 0 Å². The molecule has 27 heavy (non-hydrogen) atoms. The van der Waals surface area contributed by atoms with E-state index < -0.39 is 0 Å². The predicted octanol–water partition coefficient (Wildman–Crippen LogP) is 3.85. The van der Waals surface area contributed by atoms with Crippen molar-refractivity contribution < 1.29 is 14.3 Å². The molecule has 5 nitrogen and oxygen atoms in total. The van der Waals surface area contributed by atoms with Crippen LogP contribution in [-0.4, -0.2) is 39.4 Å². The van der Waals surface area contributed by atoms with E-state index in [0.29, 0.717) is 18.8 Å². The highest BCUT2D eigenvalue weighted by molar-refractivity contribution is 5.97. The zero-order valence-corrected chi connectivity index (χ0v) is 16.6. The van der Waals surface area contributed by atoms with E-state index in [2.05, 4.69) is 43.1 Å². The third-order valence-electron chi connectivity index (χ3n) is 5.06. The number of nitrogens with one attached hydrogen (secondary N) is 1. The Kier molecular flexibility index (Phi) is 6.01. The van der Waals surface area contributed by atoms with Crippen molar-refractivity contribution in [1.82, 2.24) is 0 Å². The lowest BCUT2D eigenvalue weighted by molar-refractivity contribution is 0.0600. The summed E-state index contributed by atoms with van der Waals surface area (Å²) in [4.78, 5) is 14.5. The third-order valence-corrected chi connectivity index (χ3v) is 5.06. The molecule has 1 heterocycles. The second-order valence-electron chi connectivity index (χ2n) is 7.05. The number of esters is 1. The fourth-order valence-electron chi connectivity index (χ4n) is 3.68. The second-order valence-corrected chi connectivity index (χ2v) is 7.05. The minimum atomic E-state index is -0.317. The first-order valence-corrected chi connectivity index (χ1v) is 9.35. The van der Waals surface area contributed by atoms with Crippen LogP contribution in [0.25, 0.3) is 0 Å². The van der Waals surface area contributed by atoms with Crippen molar-refractivity contribution in [1.29, 1.82) is 0 Å². The summed E-state index contributed by atoms with van der Waals surface area (Å²) >= 11 is 0. The van der Waals surface area contributed by atoms with Crippen molar-refractivity contribution in [2.24, 2.45) is 0 Å². The van der Waals surface area contributed by atoms with Crippen LogP contribution in [0.2, 0.25) is 0 Å². The van der Waals surface area contributed by atoms with Crippen LogP contribution < -0.4 is 10.2 Å². The summed E-state index contributed by atoms with van der Waals surface area (Å²) in [6.07, 6.45) is 0. The molecule has 1 aliphatic heterocycles. The van der Waals surface area contributed by atoms with Gasteiger partial charge in [0.1, 0.15) is 0 Å². The number of hydrogen-bond acceptors (Lipinski definition) is 5. The quantitative estimate of drug-likeness (QED) is 0.813. The number of rotatable bonds is 5. The van der Waals surface area contributed by atoms with E-state index in [9.17, 15) is 4.79 Å². The Bertz CT molecular complexity index is 803. The normalized spacial score (nSPS) is 14.1. The molecule has 2 aromatic rings. The molecule has 1 saturated heterocycles. The van der Waals surface area contributed by atoms with Crippen LogP contribution in [0.4, 0.5) is 11.4 Å². The summed E-state index contributed by atoms with van der Waals surface area (Å²) in [6, 6.07) is 10.3. The summed E-state index contributed by atoms with van der Waals surface area (Å²) < 4.78 is 10.4. The molecule has 2 aromatic carbocycles. The smallest absolute Gasteiger partial charge is 0.340 e. The summed E-state index contributed by atoms with van der Waals surface area (Å²) in [5.74, 6) is -0.317. The Hall–Kier alpha value is -2.53. The highest BCUT2D eigenvalue weighted by Crippen LogP contribution is 2.27. The molecule has 1 aliphatic rings. The number of hydrogen-bond donors (Lipinski definition) is 1. The first-order valence-electron chi connectivity index (χ1n) is 9.35. The molecule has 0 saturated carbocycles. The zero-order valence-electron chi connectivity index (χ0n) is 16.6. The fraction of sp³-hybridized carbons (Fsp3) is 0.409. The van der Waals surface area contributed by atoms with E-state index in [-0.39, 0.29) is 5.97 Å².